The minimum absolute atomic E-state index is 0.0172. The number of carbonyl (C=O) groups excluding carboxylic acids is 2. The fourth-order valence-corrected chi connectivity index (χ4v) is 11.7. The number of carbonyl (C=O) groups is 2. The summed E-state index contributed by atoms with van der Waals surface area (Å²) in [6.45, 7) is 16.2. The molecular formula is C51H65ClN8O9S2. The standard InChI is InChI=1S/C51H65ClN8O9S2/c1-50(2,3)69-49(62)55-48-54-37(33-70-48)32-68-46-28-40(58-24-22-57(23-25-58)31-35-14-19-51(4,5)30-43(35)34-6-8-36(52)9-7-34)10-12-42(46)47(61)56-71(65,66)41-11-13-44(45(29-41)60(63)64)59(38-15-20-53-21-16-38)39-17-26-67-27-18-39/h6-13,28-29,33,38-39,53H,14-27,30-32H2,1-5H3,(H,56,61)(H,54,55,62). The molecule has 0 unspecified atom stereocenters. The molecule has 382 valence electrons. The number of hydrogen-bond acceptors (Lipinski definition) is 15. The van der Waals surface area contributed by atoms with Gasteiger partial charge in [-0.1, -0.05) is 43.2 Å². The summed E-state index contributed by atoms with van der Waals surface area (Å²) in [4.78, 5) is 49.6. The monoisotopic (exact) mass is 1030 g/mol. The minimum atomic E-state index is -4.64. The molecule has 0 radical (unpaired) electrons. The van der Waals surface area contributed by atoms with Gasteiger partial charge in [0, 0.05) is 86.2 Å². The van der Waals surface area contributed by atoms with Gasteiger partial charge in [-0.05, 0) is 132 Å². The number of aromatic nitrogens is 1. The van der Waals surface area contributed by atoms with E-state index < -0.39 is 37.4 Å². The lowest BCUT2D eigenvalue weighted by atomic mass is 9.72. The molecular weight excluding hydrogens is 968 g/mol. The van der Waals surface area contributed by atoms with Crippen molar-refractivity contribution in [1.82, 2.24) is 19.9 Å². The van der Waals surface area contributed by atoms with Gasteiger partial charge in [-0.15, -0.1) is 11.3 Å². The van der Waals surface area contributed by atoms with E-state index in [2.05, 4.69) is 61.0 Å². The third-order valence-electron chi connectivity index (χ3n) is 13.5. The lowest BCUT2D eigenvalue weighted by Gasteiger charge is -2.43. The Morgan fingerprint density at radius 2 is 1.70 bits per heavy atom. The maximum atomic E-state index is 14.2. The molecule has 3 aromatic carbocycles. The van der Waals surface area contributed by atoms with Crippen molar-refractivity contribution >= 4 is 72.7 Å². The number of nitrogens with one attached hydrogen (secondary N) is 3. The SMILES string of the molecule is CC1(C)CCC(CN2CCN(c3ccc(C(=O)NS(=O)(=O)c4ccc(N(C5CCNCC5)C5CCOCC5)c([N+](=O)[O-])c4)c(OCc4csc(NC(=O)OC(C)(C)C)n4)c3)CC2)=C(c2ccc(Cl)cc2)C1. The Labute approximate surface area is 425 Å². The van der Waals surface area contributed by atoms with Gasteiger partial charge in [0.1, 0.15) is 23.6 Å². The van der Waals surface area contributed by atoms with Gasteiger partial charge in [-0.3, -0.25) is 25.1 Å². The highest BCUT2D eigenvalue weighted by Gasteiger charge is 2.36. The summed E-state index contributed by atoms with van der Waals surface area (Å²) < 4.78 is 47.6. The van der Waals surface area contributed by atoms with Crippen LogP contribution in [0.4, 0.5) is 27.0 Å². The number of nitro groups is 1. The van der Waals surface area contributed by atoms with Gasteiger partial charge in [0.05, 0.1) is 21.1 Å². The molecule has 0 saturated carbocycles. The predicted octanol–water partition coefficient (Wildman–Crippen LogP) is 9.27. The average molecular weight is 1030 g/mol. The van der Waals surface area contributed by atoms with E-state index in [0.717, 1.165) is 76.6 Å². The Hall–Kier alpha value is -5.31. The van der Waals surface area contributed by atoms with E-state index in [9.17, 15) is 28.1 Å². The first-order chi connectivity index (χ1) is 33.8. The fourth-order valence-electron chi connectivity index (χ4n) is 9.90. The maximum absolute atomic E-state index is 14.2. The van der Waals surface area contributed by atoms with Crippen molar-refractivity contribution in [3.8, 4) is 5.75 Å². The van der Waals surface area contributed by atoms with Crippen molar-refractivity contribution in [1.29, 1.82) is 0 Å². The number of nitrogens with zero attached hydrogens (tertiary/aromatic N) is 5. The highest BCUT2D eigenvalue weighted by molar-refractivity contribution is 7.90. The topological polar surface area (TPSA) is 198 Å². The number of hydrogen-bond donors (Lipinski definition) is 3. The number of piperidine rings is 1. The molecule has 17 nitrogen and oxygen atoms in total. The molecule has 0 bridgehead atoms. The molecule has 1 aromatic heterocycles. The molecule has 3 fully saturated rings. The molecule has 20 heteroatoms. The number of amides is 2. The number of nitro benzene ring substituents is 1. The summed E-state index contributed by atoms with van der Waals surface area (Å²) in [6.07, 6.45) is 5.41. The van der Waals surface area contributed by atoms with E-state index in [1.165, 1.54) is 46.2 Å². The van der Waals surface area contributed by atoms with Crippen molar-refractivity contribution in [2.24, 2.45) is 5.41 Å². The first kappa shape index (κ1) is 52.0. The van der Waals surface area contributed by atoms with Crippen LogP contribution in [0, 0.1) is 15.5 Å². The van der Waals surface area contributed by atoms with Gasteiger partial charge in [0.15, 0.2) is 5.13 Å². The van der Waals surface area contributed by atoms with Crippen LogP contribution < -0.4 is 29.9 Å². The third-order valence-corrected chi connectivity index (χ3v) is 15.9. The number of halogens is 1. The fraction of sp³-hybridized carbons (Fsp3) is 0.510. The van der Waals surface area contributed by atoms with E-state index in [-0.39, 0.29) is 46.2 Å². The number of benzene rings is 3. The first-order valence-electron chi connectivity index (χ1n) is 24.4. The van der Waals surface area contributed by atoms with Crippen LogP contribution in [-0.2, 0) is 26.1 Å². The zero-order chi connectivity index (χ0) is 50.5. The predicted molar refractivity (Wildman–Crippen MR) is 277 cm³/mol. The minimum Gasteiger partial charge on any atom is -0.486 e. The Kier molecular flexibility index (Phi) is 16.3. The summed E-state index contributed by atoms with van der Waals surface area (Å²) in [5, 5.41) is 21.4. The second kappa shape index (κ2) is 22.2. The summed E-state index contributed by atoms with van der Waals surface area (Å²) in [7, 11) is -4.64. The number of anilines is 3. The number of ether oxygens (including phenoxy) is 3. The van der Waals surface area contributed by atoms with Gasteiger partial charge in [0.2, 0.25) is 0 Å². The molecule has 3 N–H and O–H groups in total. The molecule has 3 saturated heterocycles. The van der Waals surface area contributed by atoms with Gasteiger partial charge in [0.25, 0.3) is 21.6 Å². The number of allylic oxidation sites excluding steroid dienone is 1. The molecule has 71 heavy (non-hydrogen) atoms. The molecule has 4 heterocycles. The van der Waals surface area contributed by atoms with Crippen LogP contribution >= 0.6 is 22.9 Å². The Morgan fingerprint density at radius 1 is 1.00 bits per heavy atom. The zero-order valence-corrected chi connectivity index (χ0v) is 43.5. The highest BCUT2D eigenvalue weighted by Crippen LogP contribution is 2.44. The number of rotatable bonds is 15. The van der Waals surface area contributed by atoms with E-state index in [1.807, 2.05) is 12.1 Å². The lowest BCUT2D eigenvalue weighted by Crippen LogP contribution is -2.50. The van der Waals surface area contributed by atoms with Gasteiger partial charge < -0.3 is 29.3 Å². The van der Waals surface area contributed by atoms with Gasteiger partial charge >= 0.3 is 6.09 Å². The maximum Gasteiger partial charge on any atom is 0.413 e. The summed E-state index contributed by atoms with van der Waals surface area (Å²) in [5.41, 5.74) is 4.70. The number of sulfonamides is 1. The number of thiazole rings is 1. The van der Waals surface area contributed by atoms with Crippen LogP contribution in [0.15, 0.2) is 76.5 Å². The largest absolute Gasteiger partial charge is 0.486 e. The second-order valence-electron chi connectivity index (χ2n) is 20.5. The Balaban J connectivity index is 1.02. The quantitative estimate of drug-likeness (QED) is 0.0752. The highest BCUT2D eigenvalue weighted by atomic mass is 35.5. The molecule has 4 aliphatic rings. The van der Waals surface area contributed by atoms with Crippen molar-refractivity contribution in [2.45, 2.75) is 109 Å². The van der Waals surface area contributed by atoms with Crippen LogP contribution in [0.1, 0.15) is 101 Å². The molecule has 2 amide bonds. The average Bonchev–Trinajstić information content (AvgIpc) is 3.78. The van der Waals surface area contributed by atoms with Crippen LogP contribution in [-0.4, -0.2) is 112 Å². The molecule has 8 rings (SSSR count). The summed E-state index contributed by atoms with van der Waals surface area (Å²) >= 11 is 7.44. The van der Waals surface area contributed by atoms with Crippen LogP contribution in [0.3, 0.4) is 0 Å². The van der Waals surface area contributed by atoms with Crippen molar-refractivity contribution in [3.63, 3.8) is 0 Å². The lowest BCUT2D eigenvalue weighted by molar-refractivity contribution is -0.384. The summed E-state index contributed by atoms with van der Waals surface area (Å²) in [6, 6.07) is 17.0. The Morgan fingerprint density at radius 3 is 2.39 bits per heavy atom. The van der Waals surface area contributed by atoms with Crippen molar-refractivity contribution in [3.05, 3.63) is 104 Å². The van der Waals surface area contributed by atoms with E-state index in [1.54, 1.807) is 38.3 Å². The van der Waals surface area contributed by atoms with Crippen molar-refractivity contribution < 1.29 is 37.1 Å². The van der Waals surface area contributed by atoms with Gasteiger partial charge in [-0.2, -0.15) is 0 Å². The van der Waals surface area contributed by atoms with Crippen LogP contribution in [0.5, 0.6) is 5.75 Å². The molecule has 0 atom stereocenters. The van der Waals surface area contributed by atoms with Gasteiger partial charge in [-0.25, -0.2) is 22.9 Å². The molecule has 0 spiro atoms. The third kappa shape index (κ3) is 13.4. The summed E-state index contributed by atoms with van der Waals surface area (Å²) in [5.74, 6) is -0.877. The first-order valence-corrected chi connectivity index (χ1v) is 27.1. The van der Waals surface area contributed by atoms with E-state index in [4.69, 9.17) is 25.8 Å². The van der Waals surface area contributed by atoms with E-state index in [0.29, 0.717) is 55.5 Å². The zero-order valence-electron chi connectivity index (χ0n) is 41.1. The van der Waals surface area contributed by atoms with Crippen LogP contribution in [0.2, 0.25) is 5.02 Å². The molecule has 3 aliphatic heterocycles. The number of piperazine rings is 1. The van der Waals surface area contributed by atoms with Crippen molar-refractivity contribution in [2.75, 3.05) is 74.1 Å². The second-order valence-corrected chi connectivity index (χ2v) is 23.5. The smallest absolute Gasteiger partial charge is 0.413 e. The van der Waals surface area contributed by atoms with Crippen LogP contribution in [0.25, 0.3) is 5.57 Å². The van der Waals surface area contributed by atoms with E-state index >= 15 is 0 Å². The normalized spacial score (nSPS) is 18.5. The molecule has 4 aromatic rings. The molecule has 1 aliphatic carbocycles. The Bertz CT molecular complexity index is 2690.